The third-order valence-corrected chi connectivity index (χ3v) is 11.4. The van der Waals surface area contributed by atoms with Crippen LogP contribution in [-0.2, 0) is 26.7 Å². The minimum atomic E-state index is -4.27. The van der Waals surface area contributed by atoms with Gasteiger partial charge in [0, 0.05) is 17.7 Å². The highest BCUT2D eigenvalue weighted by Crippen LogP contribution is 2.42. The van der Waals surface area contributed by atoms with E-state index in [-0.39, 0.29) is 71.7 Å². The van der Waals surface area contributed by atoms with Gasteiger partial charge in [-0.2, -0.15) is 37.4 Å². The molecule has 0 saturated carbocycles. The first-order valence-corrected chi connectivity index (χ1v) is 23.1. The molecule has 0 saturated heterocycles. The van der Waals surface area contributed by atoms with Crippen LogP contribution in [0.15, 0.2) is 103 Å². The molecule has 2 aromatic heterocycles. The van der Waals surface area contributed by atoms with Crippen molar-refractivity contribution in [3.63, 3.8) is 0 Å². The lowest BCUT2D eigenvalue weighted by Gasteiger charge is -2.12. The molecular weight excluding hydrogens is 851 g/mol. The monoisotopic (exact) mass is 895 g/mol. The number of nitriles is 1. The van der Waals surface area contributed by atoms with Crippen LogP contribution in [0.3, 0.4) is 0 Å². The van der Waals surface area contributed by atoms with Gasteiger partial charge in [-0.15, -0.1) is 15.3 Å². The molecule has 0 aliphatic heterocycles. The Balaban J connectivity index is 1.35. The Morgan fingerprint density at radius 3 is 1.81 bits per heavy atom. The normalized spacial score (nSPS) is 12.3. The first-order valence-electron chi connectivity index (χ1n) is 19.9. The first-order chi connectivity index (χ1) is 30.0. The smallest absolute Gasteiger partial charge is 0.264 e. The van der Waals surface area contributed by atoms with E-state index in [1.165, 1.54) is 16.0 Å². The molecule has 0 unspecified atom stereocenters. The highest BCUT2D eigenvalue weighted by Gasteiger charge is 2.21. The molecule has 0 aliphatic carbocycles. The number of ether oxygens (including phenoxy) is 2. The number of fused-ring (bicyclic) bond motifs is 3. The zero-order valence-corrected chi connectivity index (χ0v) is 36.6. The standard InChI is InChI=1S/C43H45N9O9S2/c1-5-6-11-30-14-16-31(17-15-30)46-47-34-24-39(60-18-9-20-62(54,55)56)36(22-27(34)2)49-48-35-25-40(61-19-10-21-63(57,58)59)37(23-28(35)3)50-51-41-29(4)32(26-44)42-45-33-12-7-8-13-38(33)52(42)43(41)53/h7-8,12-17,22-25,53H,5-6,9-11,18-21H2,1-4H3,(H,54,55,56)(H,57,58,59). The van der Waals surface area contributed by atoms with Gasteiger partial charge in [0.2, 0.25) is 5.88 Å². The van der Waals surface area contributed by atoms with E-state index in [1.54, 1.807) is 63.2 Å². The van der Waals surface area contributed by atoms with Crippen LogP contribution in [0, 0.1) is 32.1 Å². The molecule has 0 bridgehead atoms. The largest absolute Gasteiger partial charge is 0.493 e. The summed E-state index contributed by atoms with van der Waals surface area (Å²) >= 11 is 0. The van der Waals surface area contributed by atoms with Crippen LogP contribution in [-0.4, -0.2) is 65.2 Å². The third kappa shape index (κ3) is 11.8. The van der Waals surface area contributed by atoms with E-state index in [9.17, 15) is 36.3 Å². The molecule has 6 aromatic rings. The maximum Gasteiger partial charge on any atom is 0.264 e. The van der Waals surface area contributed by atoms with E-state index in [4.69, 9.17) is 9.47 Å². The van der Waals surface area contributed by atoms with Gasteiger partial charge in [-0.25, -0.2) is 4.98 Å². The molecule has 0 spiro atoms. The lowest BCUT2D eigenvalue weighted by Crippen LogP contribution is -2.08. The number of hydrogen-bond donors (Lipinski definition) is 3. The second-order valence-corrected chi connectivity index (χ2v) is 17.7. The van der Waals surface area contributed by atoms with Crippen LogP contribution >= 0.6 is 0 Å². The summed E-state index contributed by atoms with van der Waals surface area (Å²) in [5, 5.41) is 48.1. The molecule has 63 heavy (non-hydrogen) atoms. The van der Waals surface area contributed by atoms with E-state index < -0.39 is 31.7 Å². The van der Waals surface area contributed by atoms with Gasteiger partial charge in [0.1, 0.15) is 34.5 Å². The fourth-order valence-corrected chi connectivity index (χ4v) is 7.39. The Kier molecular flexibility index (Phi) is 14.6. The minimum absolute atomic E-state index is 0.00345. The van der Waals surface area contributed by atoms with Crippen molar-refractivity contribution in [2.24, 2.45) is 30.7 Å². The number of aryl methyl sites for hydroxylation is 3. The number of azo groups is 3. The highest BCUT2D eigenvalue weighted by atomic mass is 32.2. The Bertz CT molecular complexity index is 3020. The van der Waals surface area contributed by atoms with Crippen LogP contribution in [0.5, 0.6) is 17.4 Å². The van der Waals surface area contributed by atoms with E-state index in [2.05, 4.69) is 48.7 Å². The fraction of sp³-hybridized carbons (Fsp3) is 0.302. The number of para-hydroxylation sites is 2. The summed E-state index contributed by atoms with van der Waals surface area (Å²) in [6.45, 7) is 7.05. The van der Waals surface area contributed by atoms with Gasteiger partial charge < -0.3 is 14.6 Å². The maximum atomic E-state index is 11.5. The van der Waals surface area contributed by atoms with Crippen molar-refractivity contribution in [3.05, 3.63) is 101 Å². The molecule has 20 heteroatoms. The summed E-state index contributed by atoms with van der Waals surface area (Å²) in [6, 6.07) is 23.4. The lowest BCUT2D eigenvalue weighted by molar-refractivity contribution is 0.317. The van der Waals surface area contributed by atoms with Gasteiger partial charge in [-0.05, 0) is 99.5 Å². The van der Waals surface area contributed by atoms with Gasteiger partial charge >= 0.3 is 0 Å². The van der Waals surface area contributed by atoms with Crippen molar-refractivity contribution < 1.29 is 40.5 Å². The van der Waals surface area contributed by atoms with Gasteiger partial charge in [0.15, 0.2) is 11.3 Å². The number of unbranched alkanes of at least 4 members (excludes halogenated alkanes) is 1. The molecule has 18 nitrogen and oxygen atoms in total. The van der Waals surface area contributed by atoms with Gasteiger partial charge in [0.05, 0.1) is 52.8 Å². The molecule has 6 rings (SSSR count). The van der Waals surface area contributed by atoms with Crippen molar-refractivity contribution in [2.45, 2.75) is 59.8 Å². The topological polar surface area (TPSA) is 263 Å². The number of rotatable bonds is 19. The van der Waals surface area contributed by atoms with Crippen LogP contribution < -0.4 is 9.47 Å². The molecular formula is C43H45N9O9S2. The number of aromatic hydroxyl groups is 1. The van der Waals surface area contributed by atoms with E-state index in [1.807, 2.05) is 24.3 Å². The molecule has 0 aliphatic rings. The zero-order chi connectivity index (χ0) is 45.3. The average Bonchev–Trinajstić information content (AvgIpc) is 3.62. The van der Waals surface area contributed by atoms with Crippen molar-refractivity contribution in [3.8, 4) is 23.4 Å². The van der Waals surface area contributed by atoms with Crippen molar-refractivity contribution >= 4 is 71.0 Å². The fourth-order valence-electron chi connectivity index (χ4n) is 6.43. The summed E-state index contributed by atoms with van der Waals surface area (Å²) in [5.41, 5.74) is 6.15. The number of hydrogen-bond acceptors (Lipinski definition) is 15. The van der Waals surface area contributed by atoms with Crippen LogP contribution in [0.4, 0.5) is 34.1 Å². The molecule has 4 aromatic carbocycles. The van der Waals surface area contributed by atoms with Crippen LogP contribution in [0.1, 0.15) is 60.4 Å². The second kappa shape index (κ2) is 20.0. The molecule has 0 atom stereocenters. The Labute approximate surface area is 364 Å². The first kappa shape index (κ1) is 45.9. The van der Waals surface area contributed by atoms with E-state index in [0.29, 0.717) is 44.8 Å². The number of pyridine rings is 1. The molecule has 0 radical (unpaired) electrons. The lowest BCUT2D eigenvalue weighted by atomic mass is 10.1. The maximum absolute atomic E-state index is 11.5. The number of benzene rings is 4. The summed E-state index contributed by atoms with van der Waals surface area (Å²) in [7, 11) is -8.49. The average molecular weight is 896 g/mol. The Morgan fingerprint density at radius 1 is 0.714 bits per heavy atom. The molecule has 2 heterocycles. The van der Waals surface area contributed by atoms with Crippen molar-refractivity contribution in [2.75, 3.05) is 24.7 Å². The summed E-state index contributed by atoms with van der Waals surface area (Å²) in [4.78, 5) is 4.53. The van der Waals surface area contributed by atoms with E-state index >= 15 is 0 Å². The van der Waals surface area contributed by atoms with Crippen LogP contribution in [0.25, 0.3) is 16.7 Å². The molecule has 0 amide bonds. The second-order valence-electron chi connectivity index (χ2n) is 14.6. The minimum Gasteiger partial charge on any atom is -0.493 e. The highest BCUT2D eigenvalue weighted by molar-refractivity contribution is 7.86. The van der Waals surface area contributed by atoms with Gasteiger partial charge in [0.25, 0.3) is 20.2 Å². The summed E-state index contributed by atoms with van der Waals surface area (Å²) in [6.07, 6.45) is 3.07. The quantitative estimate of drug-likeness (QED) is 0.0391. The number of nitrogens with zero attached hydrogens (tertiary/aromatic N) is 9. The van der Waals surface area contributed by atoms with Crippen molar-refractivity contribution in [1.29, 1.82) is 5.26 Å². The Morgan fingerprint density at radius 2 is 1.25 bits per heavy atom. The molecule has 3 N–H and O–H groups in total. The summed E-state index contributed by atoms with van der Waals surface area (Å²) < 4.78 is 77.4. The number of aromatic nitrogens is 2. The molecule has 0 fully saturated rings. The zero-order valence-electron chi connectivity index (χ0n) is 34.9. The Hall–Kier alpha value is -6.66. The SMILES string of the molecule is CCCCc1ccc(N=Nc2cc(OCCCS(=O)(=O)O)c(N=Nc3cc(OCCCS(=O)(=O)O)c(N=Nc4c(C)c(C#N)c5nc6ccccc6n5c4O)cc3C)cc2C)cc1. The number of imidazole rings is 1. The van der Waals surface area contributed by atoms with Gasteiger partial charge in [-0.3, -0.25) is 13.5 Å². The predicted octanol–water partition coefficient (Wildman–Crippen LogP) is 10.9. The molecule has 328 valence electrons. The predicted molar refractivity (Wildman–Crippen MR) is 237 cm³/mol. The van der Waals surface area contributed by atoms with Crippen molar-refractivity contribution in [1.82, 2.24) is 9.38 Å². The summed E-state index contributed by atoms with van der Waals surface area (Å²) in [5.74, 6) is -1.05. The third-order valence-electron chi connectivity index (χ3n) is 9.77. The van der Waals surface area contributed by atoms with Gasteiger partial charge in [-0.1, -0.05) is 37.6 Å². The van der Waals surface area contributed by atoms with E-state index in [0.717, 1.165) is 19.3 Å². The van der Waals surface area contributed by atoms with Crippen LogP contribution in [0.2, 0.25) is 0 Å².